The maximum Gasteiger partial charge on any atom is 0.460 e. The third kappa shape index (κ3) is 1.92. The molecule has 0 saturated carbocycles. The lowest BCUT2D eigenvalue weighted by molar-refractivity contribution is -0.289. The van der Waals surface area contributed by atoms with Crippen molar-refractivity contribution in [1.29, 1.82) is 0 Å². The van der Waals surface area contributed by atoms with E-state index >= 15 is 0 Å². The van der Waals surface area contributed by atoms with Crippen molar-refractivity contribution in [2.75, 3.05) is 5.73 Å². The van der Waals surface area contributed by atoms with Gasteiger partial charge in [-0.3, -0.25) is 0 Å². The molecule has 0 unspecified atom stereocenters. The van der Waals surface area contributed by atoms with E-state index in [1.807, 2.05) is 0 Å². The van der Waals surface area contributed by atoms with Crippen LogP contribution in [0.4, 0.5) is 27.6 Å². The summed E-state index contributed by atoms with van der Waals surface area (Å²) < 4.78 is 62.5. The molecule has 2 rings (SSSR count). The molecule has 2 aromatic rings. The molecular weight excluding hydrogens is 263 g/mol. The van der Waals surface area contributed by atoms with Crippen molar-refractivity contribution in [3.05, 3.63) is 23.2 Å². The number of nitrogens with two attached hydrogens (primary N) is 1. The summed E-state index contributed by atoms with van der Waals surface area (Å²) in [6.45, 7) is 0. The number of nitrogens with zero attached hydrogens (tertiary/aromatic N) is 1. The highest BCUT2D eigenvalue weighted by Crippen LogP contribution is 2.46. The molecule has 2 nitrogen and oxygen atoms in total. The minimum absolute atomic E-state index is 0.0723. The van der Waals surface area contributed by atoms with Crippen molar-refractivity contribution >= 4 is 27.2 Å². The summed E-state index contributed by atoms with van der Waals surface area (Å²) in [5.74, 6) is -4.94. The Labute approximate surface area is 95.9 Å². The van der Waals surface area contributed by atoms with Crippen LogP contribution in [0.15, 0.2) is 18.2 Å². The van der Waals surface area contributed by atoms with Gasteiger partial charge in [-0.25, -0.2) is 4.98 Å². The summed E-state index contributed by atoms with van der Waals surface area (Å²) in [7, 11) is 0. The van der Waals surface area contributed by atoms with Gasteiger partial charge in [0, 0.05) is 5.69 Å². The van der Waals surface area contributed by atoms with Gasteiger partial charge in [-0.2, -0.15) is 22.0 Å². The van der Waals surface area contributed by atoms with Gasteiger partial charge in [-0.05, 0) is 18.2 Å². The van der Waals surface area contributed by atoms with Crippen LogP contribution in [0, 0.1) is 0 Å². The Balaban J connectivity index is 2.57. The van der Waals surface area contributed by atoms with E-state index in [1.165, 1.54) is 18.2 Å². The Hall–Kier alpha value is -1.44. The largest absolute Gasteiger partial charge is 0.460 e. The number of anilines is 1. The molecule has 8 heteroatoms. The summed E-state index contributed by atoms with van der Waals surface area (Å²) in [5.41, 5.74) is 5.75. The smallest absolute Gasteiger partial charge is 0.399 e. The van der Waals surface area contributed by atoms with Gasteiger partial charge in [-0.1, -0.05) is 0 Å². The van der Waals surface area contributed by atoms with Crippen molar-refractivity contribution in [2.24, 2.45) is 0 Å². The van der Waals surface area contributed by atoms with Crippen molar-refractivity contribution in [3.8, 4) is 0 Å². The first kappa shape index (κ1) is 12.0. The Morgan fingerprint density at radius 2 is 1.76 bits per heavy atom. The molecule has 0 aliphatic carbocycles. The van der Waals surface area contributed by atoms with E-state index in [0.717, 1.165) is 0 Å². The van der Waals surface area contributed by atoms with Crippen molar-refractivity contribution in [2.45, 2.75) is 12.1 Å². The fraction of sp³-hybridized carbons (Fsp3) is 0.222. The summed E-state index contributed by atoms with van der Waals surface area (Å²) >= 11 is 0.284. The van der Waals surface area contributed by atoms with Gasteiger partial charge in [0.05, 0.1) is 10.2 Å². The molecule has 0 fully saturated rings. The lowest BCUT2D eigenvalue weighted by Crippen LogP contribution is -2.33. The number of hydrogen-bond acceptors (Lipinski definition) is 3. The molecule has 0 spiro atoms. The van der Waals surface area contributed by atoms with E-state index in [9.17, 15) is 22.0 Å². The van der Waals surface area contributed by atoms with Gasteiger partial charge in [0.25, 0.3) is 0 Å². The summed E-state index contributed by atoms with van der Waals surface area (Å²) in [4.78, 5) is 3.28. The first-order chi connectivity index (χ1) is 7.72. The van der Waals surface area contributed by atoms with Crippen LogP contribution < -0.4 is 5.73 Å². The second kappa shape index (κ2) is 3.52. The topological polar surface area (TPSA) is 38.9 Å². The Morgan fingerprint density at radius 1 is 1.12 bits per heavy atom. The Bertz CT molecular complexity index is 560. The van der Waals surface area contributed by atoms with E-state index in [4.69, 9.17) is 5.73 Å². The summed E-state index contributed by atoms with van der Waals surface area (Å²) in [6.07, 6.45) is -5.65. The average Bonchev–Trinajstić information content (AvgIpc) is 2.58. The van der Waals surface area contributed by atoms with Gasteiger partial charge in [0.15, 0.2) is 5.01 Å². The number of rotatable bonds is 1. The number of benzene rings is 1. The Morgan fingerprint density at radius 3 is 2.35 bits per heavy atom. The Kier molecular flexibility index (Phi) is 2.49. The number of hydrogen-bond donors (Lipinski definition) is 1. The van der Waals surface area contributed by atoms with Crippen LogP contribution in [0.5, 0.6) is 0 Å². The molecule has 0 atom stereocenters. The van der Waals surface area contributed by atoms with Crippen molar-refractivity contribution in [3.63, 3.8) is 0 Å². The van der Waals surface area contributed by atoms with Crippen LogP contribution in [-0.2, 0) is 5.92 Å². The van der Waals surface area contributed by atoms with Crippen LogP contribution in [0.2, 0.25) is 0 Å². The maximum absolute atomic E-state index is 13.0. The zero-order valence-corrected chi connectivity index (χ0v) is 8.87. The maximum atomic E-state index is 13.0. The predicted molar refractivity (Wildman–Crippen MR) is 54.0 cm³/mol. The van der Waals surface area contributed by atoms with E-state index in [2.05, 4.69) is 4.98 Å². The minimum atomic E-state index is -5.65. The van der Waals surface area contributed by atoms with E-state index in [0.29, 0.717) is 0 Å². The molecule has 0 aliphatic rings. The average molecular weight is 268 g/mol. The lowest BCUT2D eigenvalue weighted by atomic mass is 10.3. The van der Waals surface area contributed by atoms with Crippen LogP contribution in [0.25, 0.3) is 10.2 Å². The third-order valence-corrected chi connectivity index (χ3v) is 3.13. The number of halogens is 5. The molecule has 2 N–H and O–H groups in total. The zero-order chi connectivity index (χ0) is 12.8. The number of alkyl halides is 5. The van der Waals surface area contributed by atoms with E-state index < -0.39 is 17.1 Å². The first-order valence-electron chi connectivity index (χ1n) is 4.33. The molecule has 0 bridgehead atoms. The SMILES string of the molecule is Nc1ccc2nc(C(F)(F)C(F)(F)F)sc2c1. The molecular formula is C9H5F5N2S. The number of aromatic nitrogens is 1. The monoisotopic (exact) mass is 268 g/mol. The molecule has 0 saturated heterocycles. The molecule has 1 aromatic carbocycles. The summed E-state index contributed by atoms with van der Waals surface area (Å²) in [5, 5.41) is -1.27. The highest BCUT2D eigenvalue weighted by molar-refractivity contribution is 7.18. The van der Waals surface area contributed by atoms with Crippen LogP contribution in [0.3, 0.4) is 0 Å². The van der Waals surface area contributed by atoms with Crippen molar-refractivity contribution < 1.29 is 22.0 Å². The second-order valence-electron chi connectivity index (χ2n) is 3.32. The minimum Gasteiger partial charge on any atom is -0.399 e. The molecule has 92 valence electrons. The molecule has 0 aliphatic heterocycles. The number of thiazole rings is 1. The molecule has 17 heavy (non-hydrogen) atoms. The standard InChI is InChI=1S/C9H5F5N2S/c10-8(11,9(12,13)14)7-16-5-2-1-4(15)3-6(5)17-7/h1-3H,15H2. The first-order valence-corrected chi connectivity index (χ1v) is 5.14. The van der Waals surface area contributed by atoms with Crippen LogP contribution in [-0.4, -0.2) is 11.2 Å². The summed E-state index contributed by atoms with van der Waals surface area (Å²) in [6, 6.07) is 4.00. The van der Waals surface area contributed by atoms with Gasteiger partial charge >= 0.3 is 12.1 Å². The van der Waals surface area contributed by atoms with Crippen LogP contribution >= 0.6 is 11.3 Å². The van der Waals surface area contributed by atoms with Gasteiger partial charge < -0.3 is 5.73 Å². The highest BCUT2D eigenvalue weighted by Gasteiger charge is 2.60. The fourth-order valence-electron chi connectivity index (χ4n) is 1.20. The molecule has 1 aromatic heterocycles. The van der Waals surface area contributed by atoms with Crippen molar-refractivity contribution in [1.82, 2.24) is 4.98 Å². The molecule has 0 amide bonds. The number of nitrogen functional groups attached to an aromatic ring is 1. The third-order valence-electron chi connectivity index (χ3n) is 2.04. The van der Waals surface area contributed by atoms with E-state index in [-0.39, 0.29) is 27.2 Å². The molecule has 1 heterocycles. The fourth-order valence-corrected chi connectivity index (χ4v) is 2.21. The molecule has 0 radical (unpaired) electrons. The quantitative estimate of drug-likeness (QED) is 0.634. The lowest BCUT2D eigenvalue weighted by Gasteiger charge is -2.16. The zero-order valence-electron chi connectivity index (χ0n) is 8.05. The van der Waals surface area contributed by atoms with Gasteiger partial charge in [0.2, 0.25) is 0 Å². The van der Waals surface area contributed by atoms with Gasteiger partial charge in [0.1, 0.15) is 0 Å². The van der Waals surface area contributed by atoms with E-state index in [1.54, 1.807) is 0 Å². The second-order valence-corrected chi connectivity index (χ2v) is 4.35. The number of fused-ring (bicyclic) bond motifs is 1. The van der Waals surface area contributed by atoms with Crippen LogP contribution in [0.1, 0.15) is 5.01 Å². The van der Waals surface area contributed by atoms with Gasteiger partial charge in [-0.15, -0.1) is 11.3 Å². The normalized spacial score (nSPS) is 13.2. The predicted octanol–water partition coefficient (Wildman–Crippen LogP) is 3.53. The highest BCUT2D eigenvalue weighted by atomic mass is 32.1.